The highest BCUT2D eigenvalue weighted by atomic mass is 79.9. The normalized spacial score (nSPS) is 10.4. The van der Waals surface area contributed by atoms with Crippen LogP contribution in [0.15, 0.2) is 33.4 Å². The second kappa shape index (κ2) is 6.55. The average molecular weight is 390 g/mol. The van der Waals surface area contributed by atoms with E-state index >= 15 is 0 Å². The third kappa shape index (κ3) is 3.61. The number of hydrogen-bond donors (Lipinski definition) is 0. The molecule has 0 radical (unpaired) electrons. The fraction of sp³-hybridized carbons (Fsp3) is 0.154. The molecule has 1 aromatic heterocycles. The Morgan fingerprint density at radius 3 is 2.81 bits per heavy atom. The van der Waals surface area contributed by atoms with Gasteiger partial charge in [-0.15, -0.1) is 11.3 Å². The van der Waals surface area contributed by atoms with Gasteiger partial charge in [-0.25, -0.2) is 0 Å². The zero-order valence-electron chi connectivity index (χ0n) is 10.9. The van der Waals surface area contributed by atoms with E-state index in [0.717, 1.165) is 9.35 Å². The molecule has 0 unspecified atom stereocenters. The van der Waals surface area contributed by atoms with Gasteiger partial charge in [0.05, 0.1) is 8.71 Å². The Bertz CT molecular complexity index is 704. The summed E-state index contributed by atoms with van der Waals surface area (Å²) in [5.74, 6) is -0.438. The Morgan fingerprint density at radius 2 is 2.24 bits per heavy atom. The summed E-state index contributed by atoms with van der Waals surface area (Å²) in [6, 6.07) is 6.23. The number of rotatable bonds is 4. The molecule has 0 fully saturated rings. The average Bonchev–Trinajstić information content (AvgIpc) is 2.82. The number of halogens is 2. The van der Waals surface area contributed by atoms with Crippen molar-refractivity contribution in [3.63, 3.8) is 0 Å². The molecule has 21 heavy (non-hydrogen) atoms. The number of hydrogen-bond acceptors (Lipinski definition) is 4. The van der Waals surface area contributed by atoms with E-state index in [0.29, 0.717) is 6.54 Å². The fourth-order valence-electron chi connectivity index (χ4n) is 1.85. The van der Waals surface area contributed by atoms with Gasteiger partial charge in [-0.3, -0.25) is 14.9 Å². The van der Waals surface area contributed by atoms with Crippen molar-refractivity contribution in [2.45, 2.75) is 6.54 Å². The zero-order chi connectivity index (χ0) is 15.6. The second-order valence-corrected chi connectivity index (χ2v) is 7.01. The van der Waals surface area contributed by atoms with Gasteiger partial charge in [-0.1, -0.05) is 17.7 Å². The van der Waals surface area contributed by atoms with Gasteiger partial charge in [-0.2, -0.15) is 0 Å². The molecule has 0 spiro atoms. The number of carbonyl (C=O) groups is 1. The quantitative estimate of drug-likeness (QED) is 0.577. The number of nitro benzene ring substituents is 1. The van der Waals surface area contributed by atoms with Crippen LogP contribution < -0.4 is 0 Å². The number of benzene rings is 1. The number of thiophene rings is 1. The molecule has 0 saturated carbocycles. The van der Waals surface area contributed by atoms with Crippen LogP contribution in [0.3, 0.4) is 0 Å². The molecule has 1 heterocycles. The van der Waals surface area contributed by atoms with E-state index in [-0.39, 0.29) is 16.3 Å². The van der Waals surface area contributed by atoms with Gasteiger partial charge in [0.1, 0.15) is 10.6 Å². The molecule has 0 N–H and O–H groups in total. The fourth-order valence-corrected chi connectivity index (χ4v) is 3.30. The van der Waals surface area contributed by atoms with Crippen LogP contribution in [0.25, 0.3) is 0 Å². The smallest absolute Gasteiger partial charge is 0.300 e. The van der Waals surface area contributed by atoms with Crippen molar-refractivity contribution in [1.82, 2.24) is 4.90 Å². The molecule has 0 aliphatic rings. The van der Waals surface area contributed by atoms with Crippen LogP contribution in [-0.4, -0.2) is 22.8 Å². The highest BCUT2D eigenvalue weighted by Gasteiger charge is 2.25. The maximum Gasteiger partial charge on any atom is 0.300 e. The van der Waals surface area contributed by atoms with Crippen LogP contribution in [0.4, 0.5) is 5.69 Å². The van der Waals surface area contributed by atoms with Gasteiger partial charge >= 0.3 is 5.69 Å². The Balaban J connectivity index is 2.27. The lowest BCUT2D eigenvalue weighted by atomic mass is 10.1. The predicted octanol–water partition coefficient (Wildman–Crippen LogP) is 4.34. The molecule has 0 bridgehead atoms. The van der Waals surface area contributed by atoms with Crippen molar-refractivity contribution in [2.75, 3.05) is 7.05 Å². The first-order valence-electron chi connectivity index (χ1n) is 5.81. The van der Waals surface area contributed by atoms with Crippen molar-refractivity contribution in [1.29, 1.82) is 0 Å². The molecule has 0 atom stereocenters. The summed E-state index contributed by atoms with van der Waals surface area (Å²) >= 11 is 10.7. The Labute approximate surface area is 138 Å². The summed E-state index contributed by atoms with van der Waals surface area (Å²) in [6.45, 7) is 0.366. The lowest BCUT2D eigenvalue weighted by molar-refractivity contribution is -0.385. The molecule has 0 saturated heterocycles. The minimum Gasteiger partial charge on any atom is -0.337 e. The van der Waals surface area contributed by atoms with Crippen molar-refractivity contribution in [2.24, 2.45) is 0 Å². The molecule has 2 aromatic rings. The van der Waals surface area contributed by atoms with Gasteiger partial charge in [0.2, 0.25) is 0 Å². The number of nitro groups is 1. The molecule has 0 aliphatic carbocycles. The topological polar surface area (TPSA) is 63.5 Å². The molecule has 5 nitrogen and oxygen atoms in total. The van der Waals surface area contributed by atoms with Gasteiger partial charge in [0, 0.05) is 13.6 Å². The van der Waals surface area contributed by atoms with Gasteiger partial charge in [0.15, 0.2) is 0 Å². The molecule has 110 valence electrons. The molecular formula is C13H10BrClN2O3S. The van der Waals surface area contributed by atoms with E-state index in [2.05, 4.69) is 15.9 Å². The lowest BCUT2D eigenvalue weighted by Gasteiger charge is -2.16. The number of para-hydroxylation sites is 1. The van der Waals surface area contributed by atoms with E-state index in [9.17, 15) is 14.9 Å². The van der Waals surface area contributed by atoms with Crippen LogP contribution in [0.5, 0.6) is 0 Å². The second-order valence-electron chi connectivity index (χ2n) is 4.31. The Morgan fingerprint density at radius 1 is 1.52 bits per heavy atom. The van der Waals surface area contributed by atoms with Gasteiger partial charge < -0.3 is 4.90 Å². The van der Waals surface area contributed by atoms with Crippen molar-refractivity contribution in [3.05, 3.63) is 59.7 Å². The van der Waals surface area contributed by atoms with Gasteiger partial charge in [-0.05, 0) is 45.1 Å². The molecule has 1 amide bonds. The van der Waals surface area contributed by atoms with Crippen LogP contribution >= 0.6 is 38.9 Å². The molecule has 8 heteroatoms. The molecule has 0 aliphatic heterocycles. The SMILES string of the molecule is CN(Cc1csc(Br)c1)C(=O)c1cccc(Cl)c1[N+](=O)[O-]. The minimum atomic E-state index is -0.634. The summed E-state index contributed by atoms with van der Waals surface area (Å²) < 4.78 is 0.965. The van der Waals surface area contributed by atoms with Gasteiger partial charge in [0.25, 0.3) is 5.91 Å². The maximum absolute atomic E-state index is 12.4. The van der Waals surface area contributed by atoms with Crippen LogP contribution in [0.1, 0.15) is 15.9 Å². The van der Waals surface area contributed by atoms with Crippen LogP contribution in [0, 0.1) is 10.1 Å². The zero-order valence-corrected chi connectivity index (χ0v) is 14.0. The third-order valence-electron chi connectivity index (χ3n) is 2.79. The number of nitrogens with zero attached hydrogens (tertiary/aromatic N) is 2. The van der Waals surface area contributed by atoms with E-state index < -0.39 is 10.8 Å². The van der Waals surface area contributed by atoms with Crippen LogP contribution in [-0.2, 0) is 6.54 Å². The third-order valence-corrected chi connectivity index (χ3v) is 4.65. The molecular weight excluding hydrogens is 380 g/mol. The highest BCUT2D eigenvalue weighted by molar-refractivity contribution is 9.11. The monoisotopic (exact) mass is 388 g/mol. The van der Waals surface area contributed by atoms with E-state index in [1.807, 2.05) is 11.4 Å². The number of carbonyl (C=O) groups excluding carboxylic acids is 1. The lowest BCUT2D eigenvalue weighted by Crippen LogP contribution is -2.26. The first kappa shape index (κ1) is 15.9. The molecule has 1 aromatic carbocycles. The van der Waals surface area contributed by atoms with Crippen molar-refractivity contribution in [3.8, 4) is 0 Å². The first-order chi connectivity index (χ1) is 9.90. The van der Waals surface area contributed by atoms with Crippen molar-refractivity contribution >= 4 is 50.5 Å². The summed E-state index contributed by atoms with van der Waals surface area (Å²) in [5, 5.41) is 13.0. The summed E-state index contributed by atoms with van der Waals surface area (Å²) in [4.78, 5) is 24.3. The maximum atomic E-state index is 12.4. The van der Waals surface area contributed by atoms with E-state index in [1.54, 1.807) is 7.05 Å². The van der Waals surface area contributed by atoms with Crippen molar-refractivity contribution < 1.29 is 9.72 Å². The van der Waals surface area contributed by atoms with E-state index in [1.165, 1.54) is 34.4 Å². The number of amides is 1. The standard InChI is InChI=1S/C13H10BrClN2O3S/c1-16(6-8-5-11(14)21-7-8)13(18)9-3-2-4-10(15)12(9)17(19)20/h2-5,7H,6H2,1H3. The van der Waals surface area contributed by atoms with Crippen LogP contribution in [0.2, 0.25) is 5.02 Å². The highest BCUT2D eigenvalue weighted by Crippen LogP contribution is 2.29. The summed E-state index contributed by atoms with van der Waals surface area (Å²) in [7, 11) is 1.60. The predicted molar refractivity (Wildman–Crippen MR) is 85.9 cm³/mol. The largest absolute Gasteiger partial charge is 0.337 e. The summed E-state index contributed by atoms with van der Waals surface area (Å²) in [6.07, 6.45) is 0. The molecule has 2 rings (SSSR count). The Hall–Kier alpha value is -1.44. The minimum absolute atomic E-state index is 0.00991. The summed E-state index contributed by atoms with van der Waals surface area (Å²) in [5.41, 5.74) is 0.583. The first-order valence-corrected chi connectivity index (χ1v) is 7.86. The Kier molecular flexibility index (Phi) is 4.97. The van der Waals surface area contributed by atoms with E-state index in [4.69, 9.17) is 11.6 Å².